The van der Waals surface area contributed by atoms with E-state index in [1.165, 1.54) is 23.9 Å². The maximum atomic E-state index is 12.7. The van der Waals surface area contributed by atoms with E-state index in [4.69, 9.17) is 16.7 Å². The number of carbonyl (C=O) groups is 1. The number of carboxylic acid groups (broad SMARTS) is 1. The lowest BCUT2D eigenvalue weighted by Gasteiger charge is -2.05. The van der Waals surface area contributed by atoms with Crippen molar-refractivity contribution < 1.29 is 14.3 Å². The van der Waals surface area contributed by atoms with Gasteiger partial charge in [-0.25, -0.2) is 9.18 Å². The van der Waals surface area contributed by atoms with Crippen LogP contribution in [0.3, 0.4) is 0 Å². The smallest absolute Gasteiger partial charge is 0.337 e. The van der Waals surface area contributed by atoms with Gasteiger partial charge in [0.2, 0.25) is 0 Å². The van der Waals surface area contributed by atoms with Gasteiger partial charge in [0, 0.05) is 10.6 Å². The predicted molar refractivity (Wildman–Crippen MR) is 74.4 cm³/mol. The molecule has 2 nitrogen and oxygen atoms in total. The van der Waals surface area contributed by atoms with E-state index >= 15 is 0 Å². The summed E-state index contributed by atoms with van der Waals surface area (Å²) in [5.74, 6) is -0.677. The number of hydrogen-bond donors (Lipinski definition) is 1. The van der Waals surface area contributed by atoms with Gasteiger partial charge in [0.1, 0.15) is 5.82 Å². The van der Waals surface area contributed by atoms with Crippen LogP contribution in [-0.4, -0.2) is 11.1 Å². The van der Waals surface area contributed by atoms with E-state index in [0.717, 1.165) is 10.5 Å². The van der Waals surface area contributed by atoms with Crippen molar-refractivity contribution in [1.29, 1.82) is 0 Å². The van der Waals surface area contributed by atoms with Crippen molar-refractivity contribution in [1.82, 2.24) is 0 Å². The number of carboxylic acids is 1. The summed E-state index contributed by atoms with van der Waals surface area (Å²) in [6.07, 6.45) is 0. The molecular weight excluding hydrogens is 287 g/mol. The average Bonchev–Trinajstić information content (AvgIpc) is 2.39. The SMILES string of the molecule is O=C(O)c1cc(SCc2ccc(F)cc2)ccc1Cl. The third-order valence-electron chi connectivity index (χ3n) is 2.49. The molecule has 0 spiro atoms. The molecular formula is C14H10ClFO2S. The summed E-state index contributed by atoms with van der Waals surface area (Å²) in [7, 11) is 0. The van der Waals surface area contributed by atoms with Gasteiger partial charge in [0.05, 0.1) is 10.6 Å². The number of halogens is 2. The first kappa shape index (κ1) is 13.9. The number of rotatable bonds is 4. The van der Waals surface area contributed by atoms with Gasteiger partial charge in [0.25, 0.3) is 0 Å². The fraction of sp³-hybridized carbons (Fsp3) is 0.0714. The zero-order valence-corrected chi connectivity index (χ0v) is 11.3. The van der Waals surface area contributed by atoms with Gasteiger partial charge >= 0.3 is 5.97 Å². The number of thioether (sulfide) groups is 1. The molecule has 0 atom stereocenters. The number of hydrogen-bond acceptors (Lipinski definition) is 2. The normalized spacial score (nSPS) is 10.4. The molecule has 0 amide bonds. The van der Waals surface area contributed by atoms with Crippen LogP contribution >= 0.6 is 23.4 Å². The quantitative estimate of drug-likeness (QED) is 0.846. The molecule has 2 aromatic rings. The predicted octanol–water partition coefficient (Wildman–Crippen LogP) is 4.47. The minimum absolute atomic E-state index is 0.0887. The Balaban J connectivity index is 2.09. The molecule has 0 fully saturated rings. The van der Waals surface area contributed by atoms with E-state index in [1.54, 1.807) is 30.3 Å². The van der Waals surface area contributed by atoms with Crippen LogP contribution in [0.2, 0.25) is 5.02 Å². The third kappa shape index (κ3) is 3.72. The van der Waals surface area contributed by atoms with Crippen molar-refractivity contribution in [3.63, 3.8) is 0 Å². The Morgan fingerprint density at radius 1 is 1.21 bits per heavy atom. The van der Waals surface area contributed by atoms with E-state index < -0.39 is 5.97 Å². The molecule has 0 saturated carbocycles. The van der Waals surface area contributed by atoms with Gasteiger partial charge in [-0.2, -0.15) is 0 Å². The summed E-state index contributed by atoms with van der Waals surface area (Å²) >= 11 is 7.27. The summed E-state index contributed by atoms with van der Waals surface area (Å²) < 4.78 is 12.7. The minimum atomic E-state index is -1.05. The largest absolute Gasteiger partial charge is 0.478 e. The van der Waals surface area contributed by atoms with Crippen LogP contribution in [0.5, 0.6) is 0 Å². The first-order valence-electron chi connectivity index (χ1n) is 5.46. The molecule has 2 aromatic carbocycles. The monoisotopic (exact) mass is 296 g/mol. The van der Waals surface area contributed by atoms with Crippen LogP contribution in [-0.2, 0) is 5.75 Å². The molecule has 0 unspecified atom stereocenters. The van der Waals surface area contributed by atoms with Crippen molar-refractivity contribution >= 4 is 29.3 Å². The minimum Gasteiger partial charge on any atom is -0.478 e. The highest BCUT2D eigenvalue weighted by Gasteiger charge is 2.09. The molecule has 19 heavy (non-hydrogen) atoms. The van der Waals surface area contributed by atoms with Gasteiger partial charge < -0.3 is 5.11 Å². The average molecular weight is 297 g/mol. The molecule has 0 bridgehead atoms. The van der Waals surface area contributed by atoms with Gasteiger partial charge in [-0.1, -0.05) is 23.7 Å². The molecule has 0 saturated heterocycles. The molecule has 0 aliphatic rings. The first-order valence-corrected chi connectivity index (χ1v) is 6.83. The second kappa shape index (κ2) is 6.08. The van der Waals surface area contributed by atoms with Crippen LogP contribution in [0.15, 0.2) is 47.4 Å². The summed E-state index contributed by atoms with van der Waals surface area (Å²) in [6.45, 7) is 0. The zero-order valence-electron chi connectivity index (χ0n) is 9.77. The van der Waals surface area contributed by atoms with Crippen LogP contribution in [0, 0.1) is 5.82 Å². The standard InChI is InChI=1S/C14H10ClFO2S/c15-13-6-5-11(7-12(13)14(17)18)19-8-9-1-3-10(16)4-2-9/h1-7H,8H2,(H,17,18). The van der Waals surface area contributed by atoms with Crippen molar-refractivity contribution in [3.8, 4) is 0 Å². The Bertz CT molecular complexity index is 599. The highest BCUT2D eigenvalue weighted by molar-refractivity contribution is 7.98. The Morgan fingerprint density at radius 2 is 1.89 bits per heavy atom. The van der Waals surface area contributed by atoms with E-state index in [-0.39, 0.29) is 16.4 Å². The first-order chi connectivity index (χ1) is 9.06. The van der Waals surface area contributed by atoms with E-state index in [9.17, 15) is 9.18 Å². The molecule has 2 rings (SSSR count). The summed E-state index contributed by atoms with van der Waals surface area (Å²) in [5, 5.41) is 9.19. The van der Waals surface area contributed by atoms with E-state index in [0.29, 0.717) is 5.75 Å². The second-order valence-electron chi connectivity index (χ2n) is 3.86. The fourth-order valence-electron chi connectivity index (χ4n) is 1.51. The Morgan fingerprint density at radius 3 is 2.53 bits per heavy atom. The van der Waals surface area contributed by atoms with E-state index in [2.05, 4.69) is 0 Å². The van der Waals surface area contributed by atoms with Crippen molar-refractivity contribution in [2.24, 2.45) is 0 Å². The third-order valence-corrected chi connectivity index (χ3v) is 3.88. The Hall–Kier alpha value is -1.52. The van der Waals surface area contributed by atoms with Gasteiger partial charge in [-0.05, 0) is 35.9 Å². The Kier molecular flexibility index (Phi) is 4.45. The Labute approximate surface area is 119 Å². The van der Waals surface area contributed by atoms with Gasteiger partial charge in [0.15, 0.2) is 0 Å². The van der Waals surface area contributed by atoms with Gasteiger partial charge in [-0.15, -0.1) is 11.8 Å². The molecule has 0 aliphatic heterocycles. The highest BCUT2D eigenvalue weighted by Crippen LogP contribution is 2.27. The second-order valence-corrected chi connectivity index (χ2v) is 5.32. The van der Waals surface area contributed by atoms with Crippen LogP contribution in [0.25, 0.3) is 0 Å². The van der Waals surface area contributed by atoms with Crippen molar-refractivity contribution in [2.75, 3.05) is 0 Å². The lowest BCUT2D eigenvalue weighted by molar-refractivity contribution is 0.0697. The summed E-state index contributed by atoms with van der Waals surface area (Å²) in [4.78, 5) is 11.8. The lowest BCUT2D eigenvalue weighted by atomic mass is 10.2. The van der Waals surface area contributed by atoms with Crippen LogP contribution in [0.4, 0.5) is 4.39 Å². The van der Waals surface area contributed by atoms with Crippen molar-refractivity contribution in [2.45, 2.75) is 10.6 Å². The number of aromatic carboxylic acids is 1. The molecule has 98 valence electrons. The fourth-order valence-corrected chi connectivity index (χ4v) is 2.59. The molecule has 0 aliphatic carbocycles. The van der Waals surface area contributed by atoms with Gasteiger partial charge in [-0.3, -0.25) is 0 Å². The number of benzene rings is 2. The molecule has 0 heterocycles. The zero-order chi connectivity index (χ0) is 13.8. The van der Waals surface area contributed by atoms with Crippen LogP contribution < -0.4 is 0 Å². The summed E-state index contributed by atoms with van der Waals surface area (Å²) in [5.41, 5.74) is 1.06. The molecule has 0 aromatic heterocycles. The summed E-state index contributed by atoms with van der Waals surface area (Å²) in [6, 6.07) is 11.1. The highest BCUT2D eigenvalue weighted by atomic mass is 35.5. The maximum absolute atomic E-state index is 12.7. The topological polar surface area (TPSA) is 37.3 Å². The molecule has 1 N–H and O–H groups in total. The lowest BCUT2D eigenvalue weighted by Crippen LogP contribution is -1.97. The van der Waals surface area contributed by atoms with Crippen LogP contribution in [0.1, 0.15) is 15.9 Å². The van der Waals surface area contributed by atoms with E-state index in [1.807, 2.05) is 0 Å². The molecule has 0 radical (unpaired) electrons. The van der Waals surface area contributed by atoms with Crippen molar-refractivity contribution in [3.05, 3.63) is 64.4 Å². The molecule has 5 heteroatoms. The maximum Gasteiger partial charge on any atom is 0.337 e.